The summed E-state index contributed by atoms with van der Waals surface area (Å²) < 4.78 is 0. The lowest BCUT2D eigenvalue weighted by molar-refractivity contribution is -0.127. The lowest BCUT2D eigenvalue weighted by Crippen LogP contribution is -2.51. The van der Waals surface area contributed by atoms with Crippen molar-refractivity contribution in [2.45, 2.75) is 407 Å². The van der Waals surface area contributed by atoms with Gasteiger partial charge in [-0.2, -0.15) is 101 Å². The number of carbonyl (C=O) groups excluding carboxylic acids is 16. The molecular formula is C95H206N16O16S8Si8. The molecule has 842 valence electrons. The van der Waals surface area contributed by atoms with Gasteiger partial charge in [-0.15, -0.1) is 0 Å². The molecule has 0 saturated heterocycles. The Morgan fingerprint density at radius 3 is 0.552 bits per heavy atom. The van der Waals surface area contributed by atoms with E-state index in [1.54, 1.807) is 0 Å². The van der Waals surface area contributed by atoms with Crippen LogP contribution in [0.4, 0.5) is 0 Å². The van der Waals surface area contributed by atoms with Crippen molar-refractivity contribution in [3.05, 3.63) is 0 Å². The molecule has 143 heavy (non-hydrogen) atoms. The Kier molecular flexibility index (Phi) is 95.6. The molecule has 0 aromatic heterocycles. The maximum absolute atomic E-state index is 11.9. The largest absolute Gasteiger partial charge is 0.357 e. The number of hydrogen-bond acceptors (Lipinski definition) is 24. The minimum absolute atomic E-state index is 0.124. The molecule has 0 saturated carbocycles. The third kappa shape index (κ3) is 109. The average Bonchev–Trinajstić information content (AvgIpc) is 0.915. The fraction of sp³-hybridized carbons (Fsp3) is 0.832. The van der Waals surface area contributed by atoms with E-state index in [2.05, 4.69) is 344 Å². The zero-order chi connectivity index (χ0) is 113. The molecule has 0 aliphatic rings. The molecule has 0 spiro atoms. The molecule has 48 heteroatoms. The summed E-state index contributed by atoms with van der Waals surface area (Å²) in [5.41, 5.74) is 0. The highest BCUT2D eigenvalue weighted by atomic mass is 32.1. The van der Waals surface area contributed by atoms with Crippen LogP contribution in [0.5, 0.6) is 0 Å². The normalized spacial score (nSPS) is 13.0. The Balaban J connectivity index is -0.000000243. The van der Waals surface area contributed by atoms with Crippen molar-refractivity contribution in [2.75, 3.05) is 96.9 Å². The van der Waals surface area contributed by atoms with Gasteiger partial charge in [-0.3, -0.25) is 76.7 Å². The average molecular weight is 2310 g/mol. The van der Waals surface area contributed by atoms with Gasteiger partial charge in [-0.25, -0.2) is 0 Å². The predicted molar refractivity (Wildman–Crippen MR) is 649 cm³/mol. The summed E-state index contributed by atoms with van der Waals surface area (Å²) in [4.78, 5) is 181. The highest BCUT2D eigenvalue weighted by Crippen LogP contribution is 2.19. The number of nitrogens with one attached hydrogen (secondary N) is 16. The Morgan fingerprint density at radius 1 is 0.182 bits per heavy atom. The van der Waals surface area contributed by atoms with Crippen molar-refractivity contribution in [1.82, 2.24) is 85.1 Å². The van der Waals surface area contributed by atoms with Crippen LogP contribution in [0.15, 0.2) is 0 Å². The van der Waals surface area contributed by atoms with Crippen LogP contribution in [-0.4, -0.2) is 304 Å². The van der Waals surface area contributed by atoms with Crippen molar-refractivity contribution < 1.29 is 76.7 Å². The number of unbranched alkanes of at least 4 members (excludes halogenated alkanes) is 9. The summed E-state index contributed by atoms with van der Waals surface area (Å²) in [5.74, 6) is -0.188. The van der Waals surface area contributed by atoms with E-state index in [1.165, 1.54) is 149 Å². The van der Waals surface area contributed by atoms with Crippen LogP contribution in [0.25, 0.3) is 0 Å². The van der Waals surface area contributed by atoms with Crippen molar-refractivity contribution in [3.63, 3.8) is 0 Å². The van der Waals surface area contributed by atoms with Crippen LogP contribution in [0.1, 0.15) is 179 Å². The third-order valence-corrected chi connectivity index (χ3v) is 41.0. The van der Waals surface area contributed by atoms with Gasteiger partial charge in [0.25, 0.3) is 0 Å². The lowest BCUT2D eigenvalue weighted by Gasteiger charge is -2.24. The fourth-order valence-electron chi connectivity index (χ4n) is 12.6. The molecular weight excluding hydrogens is 2100 g/mol. The van der Waals surface area contributed by atoms with E-state index >= 15 is 0 Å². The van der Waals surface area contributed by atoms with Crippen molar-refractivity contribution in [2.24, 2.45) is 0 Å². The molecule has 16 amide bonds. The van der Waals surface area contributed by atoms with Gasteiger partial charge in [0.05, 0.1) is 32.3 Å². The summed E-state index contributed by atoms with van der Waals surface area (Å²) in [6.45, 7) is 68.9. The molecule has 8 atom stereocenters. The smallest absolute Gasteiger partial charge is 0.243 e. The van der Waals surface area contributed by atoms with Crippen LogP contribution in [0.3, 0.4) is 0 Å². The zero-order valence-electron chi connectivity index (χ0n) is 94.3. The van der Waals surface area contributed by atoms with Crippen LogP contribution in [0, 0.1) is 0 Å². The zero-order valence-corrected chi connectivity index (χ0v) is 109. The van der Waals surface area contributed by atoms with E-state index in [0.717, 1.165) is 76.0 Å². The van der Waals surface area contributed by atoms with E-state index in [0.29, 0.717) is 72.2 Å². The Hall–Kier alpha value is -3.94. The summed E-state index contributed by atoms with van der Waals surface area (Å²) in [7, 11) is -9.17. The number of hydrogen-bond donors (Lipinski definition) is 24. The first-order chi connectivity index (χ1) is 65.8. The summed E-state index contributed by atoms with van der Waals surface area (Å²) in [5, 5.41) is 43.7. The van der Waals surface area contributed by atoms with Gasteiger partial charge in [0.15, 0.2) is 0 Å². The molecule has 0 unspecified atom stereocenters. The standard InChI is InChI=1S/C14H30N2O2SSi.2C13H28N2O2SSi.2C12H26N2O2SSi.2C11H24N2O2SSi.C9H20N2O2SSi/c1-12(17)16-13(11-19)14(18)15-9-7-5-6-8-10-20(2,3)4;1-11(16)15-12(10-18)13(17)14-8-6-5-7-9-19(2,3)4;1-5-6-7-8-19(3,4)10-14-13(17)12(9-18)15-11(2)16;1-10(15)14-11(9-17)12(16)13-7-5-6-8-18(2,3)4;1-5-6-7-18(3,4)9-13-12(16)11(8-17)14-10(2)15;1-9(14)13-10(8-16)11(15)12-6-5-7-17(2,3)4;1-5-6-17(3,4)8-12-11(15)10(7-16)13-9(2)14;1-7(12)11-8(5-14)9(13)10-6-15(2,3)4/h13,19H,5-11H2,1-4H3,(H,15,18)(H,16,17);2*12,18H,5-10H2,1-4H3,(H,14,17)(H,15,16);2*11,17H,5-9H2,1-4H3,(H,13,16)(H,14,15);2*10,16H,5-8H2,1-4H3,(H,12,15)(H,13,14);8,14H,5-6H2,1-4H3,(H,10,13)(H,11,12)/t13-;2*12-;2*11-;2*10-;8-/m00000000/s1. The highest BCUT2D eigenvalue weighted by Gasteiger charge is 2.30. The van der Waals surface area contributed by atoms with Gasteiger partial charge in [-0.05, 0) is 25.7 Å². The molecule has 0 aliphatic carbocycles. The Morgan fingerprint density at radius 2 is 0.350 bits per heavy atom. The number of rotatable bonds is 63. The molecule has 0 bridgehead atoms. The van der Waals surface area contributed by atoms with Crippen LogP contribution in [0.2, 0.25) is 180 Å². The van der Waals surface area contributed by atoms with E-state index in [9.17, 15) is 76.7 Å². The summed E-state index contributed by atoms with van der Waals surface area (Å²) in [6.07, 6.45) is 21.5. The second-order valence-electron chi connectivity index (χ2n) is 44.7. The van der Waals surface area contributed by atoms with Crippen LogP contribution >= 0.6 is 101 Å². The molecule has 0 radical (unpaired) electrons. The molecule has 0 fully saturated rings. The minimum atomic E-state index is -1.37. The molecule has 16 N–H and O–H groups in total. The van der Waals surface area contributed by atoms with Gasteiger partial charge in [0, 0.05) is 185 Å². The van der Waals surface area contributed by atoms with Crippen molar-refractivity contribution >= 4 is 260 Å². The maximum atomic E-state index is 11.9. The minimum Gasteiger partial charge on any atom is -0.357 e. The quantitative estimate of drug-likeness (QED) is 0.0153. The molecule has 0 aliphatic heterocycles. The van der Waals surface area contributed by atoms with Gasteiger partial charge >= 0.3 is 0 Å². The first-order valence-electron chi connectivity index (χ1n) is 51.0. The second kappa shape index (κ2) is 88.6. The van der Waals surface area contributed by atoms with Crippen LogP contribution < -0.4 is 85.1 Å². The van der Waals surface area contributed by atoms with Crippen LogP contribution in [-0.2, 0) is 76.7 Å². The number of thiol groups is 8. The molecule has 0 rings (SSSR count). The molecule has 0 aromatic rings. The SMILES string of the molecule is CC(=O)N[C@@H](CS)C(=O)NCCCCCC[Si](C)(C)C.CC(=O)N[C@@H](CS)C(=O)NCCCCC[Si](C)(C)C.CC(=O)N[C@@H](CS)C(=O)NCCCC[Si](C)(C)C.CC(=O)N[C@@H](CS)C(=O)NCCC[Si](C)(C)C.CC(=O)N[C@@H](CS)C(=O)NC[Si](C)(C)C.CCCCC[Si](C)(C)CNC(=O)[C@H](CS)NC(C)=O.CCCC[Si](C)(C)CNC(=O)[C@H](CS)NC(C)=O.CCC[Si](C)(C)CNC(=O)[C@H](CS)NC(C)=O. The summed E-state index contributed by atoms with van der Waals surface area (Å²) >= 11 is 32.5. The van der Waals surface area contributed by atoms with Crippen molar-refractivity contribution in [1.29, 1.82) is 0 Å². The molecule has 0 aromatic carbocycles. The van der Waals surface area contributed by atoms with E-state index < -0.39 is 113 Å². The molecule has 0 heterocycles. The monoisotopic (exact) mass is 2310 g/mol. The van der Waals surface area contributed by atoms with E-state index in [4.69, 9.17) is 0 Å². The topological polar surface area (TPSA) is 466 Å². The number of carbonyl (C=O) groups is 16. The number of amides is 16. The maximum Gasteiger partial charge on any atom is 0.243 e. The van der Waals surface area contributed by atoms with E-state index in [1.807, 2.05) is 0 Å². The Labute approximate surface area is 918 Å². The first kappa shape index (κ1) is 154. The van der Waals surface area contributed by atoms with Crippen molar-refractivity contribution in [3.8, 4) is 0 Å². The van der Waals surface area contributed by atoms with Gasteiger partial charge in [-0.1, -0.05) is 278 Å². The third-order valence-electron chi connectivity index (χ3n) is 20.7. The second-order valence-corrected chi connectivity index (χ2v) is 91.1. The molecule has 32 nitrogen and oxygen atoms in total. The first-order valence-corrected chi connectivity index (χ1v) is 84.9. The van der Waals surface area contributed by atoms with Gasteiger partial charge in [0.1, 0.15) is 48.3 Å². The Bertz CT molecular complexity index is 3580. The lowest BCUT2D eigenvalue weighted by atomic mass is 10.2. The predicted octanol–water partition coefficient (Wildman–Crippen LogP) is 12.6. The van der Waals surface area contributed by atoms with Gasteiger partial charge in [0.2, 0.25) is 94.5 Å². The highest BCUT2D eigenvalue weighted by molar-refractivity contribution is 7.81. The summed E-state index contributed by atoms with van der Waals surface area (Å²) in [6, 6.07) is 4.63. The van der Waals surface area contributed by atoms with Gasteiger partial charge < -0.3 is 85.1 Å². The fourth-order valence-corrected chi connectivity index (χ4v) is 26.9. The van der Waals surface area contributed by atoms with E-state index in [-0.39, 0.29) is 94.5 Å².